The van der Waals surface area contributed by atoms with E-state index in [2.05, 4.69) is 10.4 Å². The van der Waals surface area contributed by atoms with E-state index in [4.69, 9.17) is 0 Å². The Morgan fingerprint density at radius 3 is 2.50 bits per heavy atom. The summed E-state index contributed by atoms with van der Waals surface area (Å²) in [6.45, 7) is 3.94. The number of amides is 1. The van der Waals surface area contributed by atoms with Crippen LogP contribution in [0.4, 0.5) is 5.82 Å². The largest absolute Gasteiger partial charge is 0.311 e. The van der Waals surface area contributed by atoms with E-state index in [0.717, 1.165) is 10.5 Å². The first-order valence-electron chi connectivity index (χ1n) is 7.29. The zero-order valence-corrected chi connectivity index (χ0v) is 13.7. The highest BCUT2D eigenvalue weighted by Crippen LogP contribution is 2.36. The van der Waals surface area contributed by atoms with E-state index >= 15 is 0 Å². The predicted molar refractivity (Wildman–Crippen MR) is 88.8 cm³/mol. The molecule has 1 aromatic heterocycles. The molecular weight excluding hydrogens is 298 g/mol. The van der Waals surface area contributed by atoms with Gasteiger partial charge in [-0.2, -0.15) is 0 Å². The third-order valence-corrected chi connectivity index (χ3v) is 4.74. The van der Waals surface area contributed by atoms with Crippen LogP contribution in [0.2, 0.25) is 0 Å². The van der Waals surface area contributed by atoms with Crippen LogP contribution in [0.1, 0.15) is 43.4 Å². The number of nitrogens with one attached hydrogen (secondary N) is 2. The highest BCUT2D eigenvalue weighted by Gasteiger charge is 2.32. The van der Waals surface area contributed by atoms with Crippen molar-refractivity contribution in [3.63, 3.8) is 0 Å². The Labute approximate surface area is 133 Å². The maximum absolute atomic E-state index is 12.4. The quantitative estimate of drug-likeness (QED) is 0.855. The molecule has 22 heavy (non-hydrogen) atoms. The van der Waals surface area contributed by atoms with Crippen molar-refractivity contribution in [1.29, 1.82) is 0 Å². The highest BCUT2D eigenvalue weighted by molar-refractivity contribution is 7.98. The van der Waals surface area contributed by atoms with Crippen molar-refractivity contribution in [2.75, 3.05) is 11.6 Å². The number of nitrogens with zero attached hydrogens (tertiary/aromatic N) is 1. The molecule has 6 heteroatoms. The van der Waals surface area contributed by atoms with Crippen LogP contribution in [0.3, 0.4) is 0 Å². The number of rotatable bonds is 3. The lowest BCUT2D eigenvalue weighted by Gasteiger charge is -2.24. The molecule has 2 aromatic rings. The van der Waals surface area contributed by atoms with Crippen molar-refractivity contribution in [3.05, 3.63) is 45.7 Å². The third-order valence-electron chi connectivity index (χ3n) is 3.99. The molecular formula is C16H19N3O2S. The summed E-state index contributed by atoms with van der Waals surface area (Å²) in [6.07, 6.45) is 2.32. The van der Waals surface area contributed by atoms with E-state index in [1.54, 1.807) is 16.4 Å². The van der Waals surface area contributed by atoms with Gasteiger partial charge in [-0.15, -0.1) is 11.8 Å². The lowest BCUT2D eigenvalue weighted by molar-refractivity contribution is -0.116. The lowest BCUT2D eigenvalue weighted by atomic mass is 9.87. The first kappa shape index (κ1) is 15.0. The van der Waals surface area contributed by atoms with E-state index in [9.17, 15) is 9.59 Å². The van der Waals surface area contributed by atoms with Crippen LogP contribution in [-0.2, 0) is 4.79 Å². The summed E-state index contributed by atoms with van der Waals surface area (Å²) in [7, 11) is 0. The average molecular weight is 317 g/mol. The summed E-state index contributed by atoms with van der Waals surface area (Å²) in [5.41, 5.74) is 1.54. The fourth-order valence-corrected chi connectivity index (χ4v) is 3.30. The molecule has 0 saturated heterocycles. The Balaban J connectivity index is 2.11. The Morgan fingerprint density at radius 2 is 1.91 bits per heavy atom. The maximum Gasteiger partial charge on any atom is 0.270 e. The molecule has 3 rings (SSSR count). The highest BCUT2D eigenvalue weighted by atomic mass is 32.2. The Bertz CT molecular complexity index is 759. The van der Waals surface area contributed by atoms with Gasteiger partial charge >= 0.3 is 0 Å². The van der Waals surface area contributed by atoms with Crippen molar-refractivity contribution in [2.24, 2.45) is 0 Å². The first-order chi connectivity index (χ1) is 10.5. The Morgan fingerprint density at radius 1 is 1.23 bits per heavy atom. The van der Waals surface area contributed by atoms with E-state index in [-0.39, 0.29) is 23.4 Å². The van der Waals surface area contributed by atoms with Gasteiger partial charge in [0.15, 0.2) is 0 Å². The number of aromatic amines is 1. The molecule has 0 spiro atoms. The summed E-state index contributed by atoms with van der Waals surface area (Å²) in [5.74, 6) is 0.360. The first-order valence-corrected chi connectivity index (χ1v) is 8.52. The van der Waals surface area contributed by atoms with Crippen LogP contribution in [0.5, 0.6) is 0 Å². The number of benzene rings is 1. The van der Waals surface area contributed by atoms with Gasteiger partial charge in [-0.25, -0.2) is 0 Å². The van der Waals surface area contributed by atoms with Gasteiger partial charge in [0.2, 0.25) is 5.91 Å². The fraction of sp³-hybridized carbons (Fsp3) is 0.375. The minimum Gasteiger partial charge on any atom is -0.311 e. The molecule has 0 radical (unpaired) electrons. The number of carbonyl (C=O) groups is 1. The molecule has 1 aromatic carbocycles. The standard InChI is InChI=1S/C16H19N3O2S/c1-9(2)19-15-14(16(21)18-19)12(8-13(20)17-15)10-4-6-11(22-3)7-5-10/h4-7,9,12H,8H2,1-3H3,(H,17,20)(H,18,21). The number of anilines is 1. The number of hydrogen-bond acceptors (Lipinski definition) is 3. The third kappa shape index (κ3) is 2.47. The zero-order valence-electron chi connectivity index (χ0n) is 12.8. The minimum atomic E-state index is -0.191. The van der Waals surface area contributed by atoms with Gasteiger partial charge in [-0.1, -0.05) is 12.1 Å². The van der Waals surface area contributed by atoms with E-state index in [0.29, 0.717) is 17.8 Å². The topological polar surface area (TPSA) is 66.9 Å². The van der Waals surface area contributed by atoms with Crippen LogP contribution in [0, 0.1) is 0 Å². The number of H-pyrrole nitrogens is 1. The van der Waals surface area contributed by atoms with Crippen molar-refractivity contribution < 1.29 is 4.79 Å². The molecule has 5 nitrogen and oxygen atoms in total. The van der Waals surface area contributed by atoms with E-state index < -0.39 is 0 Å². The normalized spacial score (nSPS) is 17.5. The van der Waals surface area contributed by atoms with Gasteiger partial charge in [0.1, 0.15) is 5.82 Å². The molecule has 2 N–H and O–H groups in total. The molecule has 0 saturated carbocycles. The molecule has 2 heterocycles. The summed E-state index contributed by atoms with van der Waals surface area (Å²) in [5, 5.41) is 5.68. The average Bonchev–Trinajstić information content (AvgIpc) is 2.84. The second-order valence-electron chi connectivity index (χ2n) is 5.75. The molecule has 1 aliphatic heterocycles. The molecule has 0 fully saturated rings. The second kappa shape index (κ2) is 5.68. The predicted octanol–water partition coefficient (Wildman–Crippen LogP) is 2.95. The smallest absolute Gasteiger partial charge is 0.270 e. The van der Waals surface area contributed by atoms with E-state index in [1.807, 2.05) is 44.4 Å². The van der Waals surface area contributed by atoms with Gasteiger partial charge in [-0.05, 0) is 37.8 Å². The van der Waals surface area contributed by atoms with Gasteiger partial charge in [0, 0.05) is 23.3 Å². The maximum atomic E-state index is 12.4. The van der Waals surface area contributed by atoms with Crippen molar-refractivity contribution in [2.45, 2.75) is 37.1 Å². The molecule has 0 bridgehead atoms. The van der Waals surface area contributed by atoms with Crippen LogP contribution in [0.15, 0.2) is 34.0 Å². The second-order valence-corrected chi connectivity index (χ2v) is 6.62. The van der Waals surface area contributed by atoms with Crippen molar-refractivity contribution in [1.82, 2.24) is 9.78 Å². The minimum absolute atomic E-state index is 0.0557. The van der Waals surface area contributed by atoms with E-state index in [1.165, 1.54) is 0 Å². The van der Waals surface area contributed by atoms with Gasteiger partial charge in [0.25, 0.3) is 5.56 Å². The Hall–Kier alpha value is -1.95. The zero-order chi connectivity index (χ0) is 15.9. The summed E-state index contributed by atoms with van der Waals surface area (Å²) in [4.78, 5) is 25.6. The van der Waals surface area contributed by atoms with Crippen molar-refractivity contribution >= 4 is 23.5 Å². The number of carbonyl (C=O) groups excluding carboxylic acids is 1. The SMILES string of the molecule is CSc1ccc(C2CC(=O)Nc3c2c(=O)[nH]n3C(C)C)cc1. The molecule has 1 amide bonds. The lowest BCUT2D eigenvalue weighted by Crippen LogP contribution is -2.27. The van der Waals surface area contributed by atoms with Crippen LogP contribution in [-0.4, -0.2) is 21.9 Å². The molecule has 0 aliphatic carbocycles. The fourth-order valence-electron chi connectivity index (χ4n) is 2.89. The van der Waals surface area contributed by atoms with Gasteiger partial charge in [0.05, 0.1) is 5.56 Å². The monoisotopic (exact) mass is 317 g/mol. The van der Waals surface area contributed by atoms with Crippen LogP contribution < -0.4 is 10.9 Å². The molecule has 116 valence electrons. The number of thioether (sulfide) groups is 1. The summed E-state index contributed by atoms with van der Waals surface area (Å²) < 4.78 is 1.73. The Kier molecular flexibility index (Phi) is 3.87. The van der Waals surface area contributed by atoms with Gasteiger partial charge in [-0.3, -0.25) is 19.4 Å². The number of hydrogen-bond donors (Lipinski definition) is 2. The summed E-state index contributed by atoms with van der Waals surface area (Å²) >= 11 is 1.67. The van der Waals surface area contributed by atoms with Crippen LogP contribution >= 0.6 is 11.8 Å². The number of fused-ring (bicyclic) bond motifs is 1. The molecule has 1 unspecified atom stereocenters. The van der Waals surface area contributed by atoms with Crippen molar-refractivity contribution in [3.8, 4) is 0 Å². The molecule has 1 aliphatic rings. The molecule has 1 atom stereocenters. The van der Waals surface area contributed by atoms with Crippen LogP contribution in [0.25, 0.3) is 0 Å². The summed E-state index contributed by atoms with van der Waals surface area (Å²) in [6, 6.07) is 8.14. The van der Waals surface area contributed by atoms with Gasteiger partial charge < -0.3 is 5.32 Å². The number of aromatic nitrogens is 2.